The average molecular weight is 319 g/mol. The van der Waals surface area contributed by atoms with Gasteiger partial charge in [0, 0.05) is 6.54 Å². The van der Waals surface area contributed by atoms with Crippen LogP contribution in [0.3, 0.4) is 0 Å². The lowest BCUT2D eigenvalue weighted by Crippen LogP contribution is -2.09. The van der Waals surface area contributed by atoms with Gasteiger partial charge in [-0.05, 0) is 29.8 Å². The molecule has 0 aromatic carbocycles. The highest BCUT2D eigenvalue weighted by Gasteiger charge is 2.13. The molecule has 0 saturated heterocycles. The zero-order chi connectivity index (χ0) is 12.4. The summed E-state index contributed by atoms with van der Waals surface area (Å²) in [6, 6.07) is 0. The fourth-order valence-electron chi connectivity index (χ4n) is 1.65. The van der Waals surface area contributed by atoms with Crippen molar-refractivity contribution in [1.29, 1.82) is 0 Å². The van der Waals surface area contributed by atoms with Crippen LogP contribution in [0.25, 0.3) is 0 Å². The van der Waals surface area contributed by atoms with E-state index in [1.54, 1.807) is 4.68 Å². The predicted molar refractivity (Wildman–Crippen MR) is 69.0 cm³/mol. The molecule has 0 amide bonds. The van der Waals surface area contributed by atoms with Crippen LogP contribution in [-0.2, 0) is 19.0 Å². The highest BCUT2D eigenvalue weighted by molar-refractivity contribution is 9.10. The molecule has 2 rings (SSSR count). The monoisotopic (exact) mass is 317 g/mol. The molecular weight excluding hydrogens is 306 g/mol. The Morgan fingerprint density at radius 3 is 2.82 bits per heavy atom. The molecule has 0 aliphatic carbocycles. The van der Waals surface area contributed by atoms with Crippen LogP contribution in [0.1, 0.15) is 24.0 Å². The molecule has 0 radical (unpaired) electrons. The summed E-state index contributed by atoms with van der Waals surface area (Å²) in [5.41, 5.74) is 2.86. The van der Waals surface area contributed by atoms with Gasteiger partial charge in [0.1, 0.15) is 0 Å². The van der Waals surface area contributed by atoms with Crippen molar-refractivity contribution in [3.05, 3.63) is 27.8 Å². The van der Waals surface area contributed by atoms with E-state index >= 15 is 0 Å². The van der Waals surface area contributed by atoms with Crippen LogP contribution in [0.2, 0.25) is 0 Å². The first-order chi connectivity index (χ1) is 8.15. The summed E-state index contributed by atoms with van der Waals surface area (Å²) in [6.07, 6.45) is 1.85. The number of aryl methyl sites for hydroxylation is 2. The molecule has 0 atom stereocenters. The number of alkyl halides is 1. The maximum atomic E-state index is 5.69. The van der Waals surface area contributed by atoms with Gasteiger partial charge in [-0.2, -0.15) is 5.10 Å². The number of rotatable bonds is 4. The largest absolute Gasteiger partial charge is 0.267 e. The van der Waals surface area contributed by atoms with Gasteiger partial charge in [-0.25, -0.2) is 4.68 Å². The van der Waals surface area contributed by atoms with Gasteiger partial charge in [-0.15, -0.1) is 16.7 Å². The molecule has 0 bridgehead atoms. The van der Waals surface area contributed by atoms with Crippen molar-refractivity contribution in [2.45, 2.75) is 32.8 Å². The van der Waals surface area contributed by atoms with E-state index < -0.39 is 0 Å². The van der Waals surface area contributed by atoms with Gasteiger partial charge in [-0.1, -0.05) is 5.21 Å². The molecule has 92 valence electrons. The third-order valence-electron chi connectivity index (χ3n) is 2.49. The van der Waals surface area contributed by atoms with Crippen molar-refractivity contribution in [3.8, 4) is 0 Å². The molecule has 5 nitrogen and oxygen atoms in total. The second-order valence-corrected chi connectivity index (χ2v) is 4.76. The molecule has 2 aromatic rings. The van der Waals surface area contributed by atoms with Crippen molar-refractivity contribution in [2.24, 2.45) is 0 Å². The molecule has 0 unspecified atom stereocenters. The van der Waals surface area contributed by atoms with Gasteiger partial charge in [0.05, 0.1) is 40.2 Å². The Bertz CT molecular complexity index is 519. The summed E-state index contributed by atoms with van der Waals surface area (Å²) in [4.78, 5) is 0. The first kappa shape index (κ1) is 12.6. The van der Waals surface area contributed by atoms with E-state index in [1.807, 2.05) is 17.8 Å². The van der Waals surface area contributed by atoms with E-state index in [0.717, 1.165) is 28.1 Å². The third kappa shape index (κ3) is 2.52. The summed E-state index contributed by atoms with van der Waals surface area (Å²) in [5, 5.41) is 12.4. The number of hydrogen-bond donors (Lipinski definition) is 0. The second kappa shape index (κ2) is 5.18. The highest BCUT2D eigenvalue weighted by Crippen LogP contribution is 2.21. The zero-order valence-electron chi connectivity index (χ0n) is 9.69. The van der Waals surface area contributed by atoms with Crippen LogP contribution in [0, 0.1) is 6.92 Å². The molecule has 2 aromatic heterocycles. The van der Waals surface area contributed by atoms with E-state index in [-0.39, 0.29) is 0 Å². The SMILES string of the molecule is CCn1nc(C)c(Br)c1Cn1cc(CCl)nn1. The second-order valence-electron chi connectivity index (χ2n) is 3.70. The van der Waals surface area contributed by atoms with E-state index in [1.165, 1.54) is 0 Å². The van der Waals surface area contributed by atoms with Crippen LogP contribution in [0.15, 0.2) is 10.7 Å². The quantitative estimate of drug-likeness (QED) is 0.813. The lowest BCUT2D eigenvalue weighted by molar-refractivity contribution is 0.563. The molecule has 0 aliphatic heterocycles. The smallest absolute Gasteiger partial charge is 0.0974 e. The fourth-order valence-corrected chi connectivity index (χ4v) is 2.18. The number of aromatic nitrogens is 5. The van der Waals surface area contributed by atoms with Crippen LogP contribution in [-0.4, -0.2) is 24.8 Å². The van der Waals surface area contributed by atoms with Gasteiger partial charge in [0.2, 0.25) is 0 Å². The summed E-state index contributed by atoms with van der Waals surface area (Å²) < 4.78 is 4.76. The van der Waals surface area contributed by atoms with E-state index in [9.17, 15) is 0 Å². The number of hydrogen-bond acceptors (Lipinski definition) is 3. The Balaban J connectivity index is 2.28. The Morgan fingerprint density at radius 1 is 1.47 bits per heavy atom. The standard InChI is InChI=1S/C10H13BrClN5/c1-3-17-9(10(11)7(2)14-17)6-16-5-8(4-12)13-15-16/h5H,3-4,6H2,1-2H3. The normalized spacial score (nSPS) is 11.1. The van der Waals surface area contributed by atoms with Crippen LogP contribution in [0.4, 0.5) is 0 Å². The molecule has 17 heavy (non-hydrogen) atoms. The predicted octanol–water partition coefficient (Wildman–Crippen LogP) is 2.35. The summed E-state index contributed by atoms with van der Waals surface area (Å²) in [7, 11) is 0. The van der Waals surface area contributed by atoms with Crippen molar-refractivity contribution in [3.63, 3.8) is 0 Å². The Morgan fingerprint density at radius 2 is 2.24 bits per heavy atom. The van der Waals surface area contributed by atoms with Crippen molar-refractivity contribution >= 4 is 27.5 Å². The van der Waals surface area contributed by atoms with Crippen molar-refractivity contribution in [2.75, 3.05) is 0 Å². The Hall–Kier alpha value is -0.880. The van der Waals surface area contributed by atoms with Crippen LogP contribution in [0.5, 0.6) is 0 Å². The maximum absolute atomic E-state index is 5.69. The van der Waals surface area contributed by atoms with E-state index in [2.05, 4.69) is 38.3 Å². The molecule has 0 N–H and O–H groups in total. The van der Waals surface area contributed by atoms with Crippen LogP contribution < -0.4 is 0 Å². The average Bonchev–Trinajstić information content (AvgIpc) is 2.89. The van der Waals surface area contributed by atoms with Crippen LogP contribution >= 0.6 is 27.5 Å². The molecular formula is C10H13BrClN5. The minimum absolute atomic E-state index is 0.382. The summed E-state index contributed by atoms with van der Waals surface area (Å²) in [5.74, 6) is 0.382. The van der Waals surface area contributed by atoms with Gasteiger partial charge in [0.15, 0.2) is 0 Å². The summed E-state index contributed by atoms with van der Waals surface area (Å²) in [6.45, 7) is 5.51. The minimum Gasteiger partial charge on any atom is -0.267 e. The first-order valence-corrected chi connectivity index (χ1v) is 6.65. The minimum atomic E-state index is 0.382. The zero-order valence-corrected chi connectivity index (χ0v) is 12.0. The molecule has 0 aliphatic rings. The molecule has 0 spiro atoms. The fraction of sp³-hybridized carbons (Fsp3) is 0.500. The Labute approximate surface area is 113 Å². The molecule has 2 heterocycles. The van der Waals surface area contributed by atoms with E-state index in [4.69, 9.17) is 11.6 Å². The highest BCUT2D eigenvalue weighted by atomic mass is 79.9. The maximum Gasteiger partial charge on any atom is 0.0974 e. The van der Waals surface area contributed by atoms with Crippen molar-refractivity contribution in [1.82, 2.24) is 24.8 Å². The molecule has 7 heteroatoms. The van der Waals surface area contributed by atoms with Gasteiger partial charge in [0.25, 0.3) is 0 Å². The van der Waals surface area contributed by atoms with Gasteiger partial charge in [-0.3, -0.25) is 4.68 Å². The lowest BCUT2D eigenvalue weighted by atomic mass is 10.3. The van der Waals surface area contributed by atoms with E-state index in [0.29, 0.717) is 12.4 Å². The number of nitrogens with zero attached hydrogens (tertiary/aromatic N) is 5. The summed E-state index contributed by atoms with van der Waals surface area (Å²) >= 11 is 9.25. The third-order valence-corrected chi connectivity index (χ3v) is 3.79. The molecule has 0 saturated carbocycles. The first-order valence-electron chi connectivity index (χ1n) is 5.32. The topological polar surface area (TPSA) is 48.5 Å². The molecule has 0 fully saturated rings. The van der Waals surface area contributed by atoms with Gasteiger partial charge >= 0.3 is 0 Å². The van der Waals surface area contributed by atoms with Crippen molar-refractivity contribution < 1.29 is 0 Å². The Kier molecular flexibility index (Phi) is 3.83. The number of halogens is 2. The lowest BCUT2D eigenvalue weighted by Gasteiger charge is -2.04. The van der Waals surface area contributed by atoms with Gasteiger partial charge < -0.3 is 0 Å².